The molecule has 5 rings (SSSR count). The van der Waals surface area contributed by atoms with E-state index in [1.165, 1.54) is 0 Å². The fourth-order valence-electron chi connectivity index (χ4n) is 3.58. The maximum atomic E-state index is 10.2. The third-order valence-corrected chi connectivity index (χ3v) is 5.13. The van der Waals surface area contributed by atoms with Gasteiger partial charge in [0.25, 0.3) is 0 Å². The standard InChI is InChI=1S/C24H21N5O/c1-18-25-24(26-29(18)22-12-5-6-13-23(22)30)19-8-7-11-21(16-19)28-15-14-27(17-28)20-9-3-2-4-10-20/h2-16,30H,17H2,1H3. The van der Waals surface area contributed by atoms with Gasteiger partial charge in [0.1, 0.15) is 17.3 Å². The molecule has 6 heteroatoms. The number of hydrogen-bond donors (Lipinski definition) is 1. The molecule has 1 aliphatic heterocycles. The highest BCUT2D eigenvalue weighted by Crippen LogP contribution is 2.28. The van der Waals surface area contributed by atoms with Gasteiger partial charge in [0.15, 0.2) is 5.82 Å². The summed E-state index contributed by atoms with van der Waals surface area (Å²) in [5, 5.41) is 14.8. The molecule has 0 fully saturated rings. The first-order chi connectivity index (χ1) is 14.7. The number of aromatic hydroxyl groups is 1. The van der Waals surface area contributed by atoms with Crippen molar-refractivity contribution in [1.29, 1.82) is 0 Å². The minimum atomic E-state index is 0.175. The lowest BCUT2D eigenvalue weighted by atomic mass is 10.2. The number of anilines is 2. The number of aryl methyl sites for hydroxylation is 1. The predicted molar refractivity (Wildman–Crippen MR) is 119 cm³/mol. The molecular weight excluding hydrogens is 374 g/mol. The van der Waals surface area contributed by atoms with Crippen LogP contribution in [0.25, 0.3) is 17.1 Å². The quantitative estimate of drug-likeness (QED) is 0.543. The van der Waals surface area contributed by atoms with Gasteiger partial charge < -0.3 is 14.9 Å². The molecule has 0 saturated heterocycles. The average Bonchev–Trinajstić information content (AvgIpc) is 3.42. The van der Waals surface area contributed by atoms with Gasteiger partial charge in [-0.15, -0.1) is 5.10 Å². The number of para-hydroxylation sites is 3. The Hall–Kier alpha value is -4.06. The lowest BCUT2D eigenvalue weighted by Crippen LogP contribution is -2.24. The molecule has 0 bridgehead atoms. The number of rotatable bonds is 4. The van der Waals surface area contributed by atoms with Crippen LogP contribution in [0.1, 0.15) is 5.82 Å². The molecule has 0 saturated carbocycles. The van der Waals surface area contributed by atoms with Gasteiger partial charge in [-0.25, -0.2) is 9.67 Å². The first-order valence-electron chi connectivity index (χ1n) is 9.78. The highest BCUT2D eigenvalue weighted by atomic mass is 16.3. The summed E-state index contributed by atoms with van der Waals surface area (Å²) in [5.74, 6) is 1.52. The number of phenolic OH excluding ortho intramolecular Hbond substituents is 1. The van der Waals surface area contributed by atoms with Gasteiger partial charge in [0, 0.05) is 29.3 Å². The van der Waals surface area contributed by atoms with E-state index in [1.807, 2.05) is 49.4 Å². The third kappa shape index (κ3) is 3.28. The van der Waals surface area contributed by atoms with Crippen LogP contribution in [0.5, 0.6) is 5.75 Å². The second kappa shape index (κ2) is 7.40. The Kier molecular flexibility index (Phi) is 4.44. The summed E-state index contributed by atoms with van der Waals surface area (Å²) in [6, 6.07) is 25.6. The first kappa shape index (κ1) is 18.0. The number of phenols is 1. The predicted octanol–water partition coefficient (Wildman–Crippen LogP) is 4.70. The fraction of sp³-hybridized carbons (Fsp3) is 0.0833. The Balaban J connectivity index is 1.42. The number of hydrogen-bond acceptors (Lipinski definition) is 5. The Labute approximate surface area is 175 Å². The Morgan fingerprint density at radius 3 is 2.30 bits per heavy atom. The summed E-state index contributed by atoms with van der Waals surface area (Å²) < 4.78 is 1.67. The van der Waals surface area contributed by atoms with Gasteiger partial charge in [-0.2, -0.15) is 0 Å². The van der Waals surface area contributed by atoms with E-state index in [2.05, 4.69) is 56.5 Å². The van der Waals surface area contributed by atoms with Crippen molar-refractivity contribution in [3.8, 4) is 22.8 Å². The molecule has 6 nitrogen and oxygen atoms in total. The molecule has 0 amide bonds. The molecule has 0 aliphatic carbocycles. The Bertz CT molecular complexity index is 1220. The maximum absolute atomic E-state index is 10.2. The van der Waals surface area contributed by atoms with Crippen LogP contribution in [0.2, 0.25) is 0 Å². The molecule has 0 radical (unpaired) electrons. The van der Waals surface area contributed by atoms with Crippen molar-refractivity contribution in [2.24, 2.45) is 0 Å². The maximum Gasteiger partial charge on any atom is 0.181 e. The molecule has 4 aromatic rings. The number of benzene rings is 3. The highest BCUT2D eigenvalue weighted by Gasteiger charge is 2.17. The number of nitrogens with zero attached hydrogens (tertiary/aromatic N) is 5. The van der Waals surface area contributed by atoms with E-state index < -0.39 is 0 Å². The van der Waals surface area contributed by atoms with Gasteiger partial charge >= 0.3 is 0 Å². The molecule has 1 N–H and O–H groups in total. The average molecular weight is 395 g/mol. The van der Waals surface area contributed by atoms with Crippen LogP contribution in [0.4, 0.5) is 11.4 Å². The van der Waals surface area contributed by atoms with Crippen LogP contribution < -0.4 is 9.80 Å². The van der Waals surface area contributed by atoms with Crippen molar-refractivity contribution in [2.75, 3.05) is 16.5 Å². The first-order valence-corrected chi connectivity index (χ1v) is 9.78. The summed E-state index contributed by atoms with van der Waals surface area (Å²) in [5.41, 5.74) is 3.77. The minimum Gasteiger partial charge on any atom is -0.506 e. The largest absolute Gasteiger partial charge is 0.506 e. The lowest BCUT2D eigenvalue weighted by Gasteiger charge is -2.21. The smallest absolute Gasteiger partial charge is 0.181 e. The van der Waals surface area contributed by atoms with Crippen LogP contribution in [0.15, 0.2) is 91.3 Å². The summed E-state index contributed by atoms with van der Waals surface area (Å²) >= 11 is 0. The molecule has 1 aromatic heterocycles. The van der Waals surface area contributed by atoms with Gasteiger partial charge in [0.05, 0.1) is 6.67 Å². The monoisotopic (exact) mass is 395 g/mol. The minimum absolute atomic E-state index is 0.175. The van der Waals surface area contributed by atoms with Gasteiger partial charge in [-0.3, -0.25) is 0 Å². The Morgan fingerprint density at radius 2 is 1.50 bits per heavy atom. The van der Waals surface area contributed by atoms with E-state index in [0.29, 0.717) is 17.3 Å². The highest BCUT2D eigenvalue weighted by molar-refractivity contribution is 5.66. The van der Waals surface area contributed by atoms with Crippen molar-refractivity contribution >= 4 is 11.4 Å². The molecule has 2 heterocycles. The molecule has 0 unspecified atom stereocenters. The second-order valence-corrected chi connectivity index (χ2v) is 7.15. The molecular formula is C24H21N5O. The third-order valence-electron chi connectivity index (χ3n) is 5.13. The van der Waals surface area contributed by atoms with Crippen molar-refractivity contribution < 1.29 is 5.11 Å². The molecule has 1 aliphatic rings. The van der Waals surface area contributed by atoms with Crippen molar-refractivity contribution in [3.05, 3.63) is 97.1 Å². The van der Waals surface area contributed by atoms with E-state index in [1.54, 1.807) is 16.8 Å². The van der Waals surface area contributed by atoms with E-state index in [4.69, 9.17) is 0 Å². The summed E-state index contributed by atoms with van der Waals surface area (Å²) in [6.07, 6.45) is 4.16. The topological polar surface area (TPSA) is 57.4 Å². The SMILES string of the molecule is Cc1nc(-c2cccc(N3C=CN(c4ccccc4)C3)c2)nn1-c1ccccc1O. The zero-order valence-corrected chi connectivity index (χ0v) is 16.6. The van der Waals surface area contributed by atoms with Crippen LogP contribution >= 0.6 is 0 Å². The normalized spacial score (nSPS) is 13.2. The van der Waals surface area contributed by atoms with E-state index >= 15 is 0 Å². The zero-order chi connectivity index (χ0) is 20.5. The summed E-state index contributed by atoms with van der Waals surface area (Å²) in [7, 11) is 0. The zero-order valence-electron chi connectivity index (χ0n) is 16.6. The Morgan fingerprint density at radius 1 is 0.800 bits per heavy atom. The lowest BCUT2D eigenvalue weighted by molar-refractivity contribution is 0.470. The molecule has 148 valence electrons. The van der Waals surface area contributed by atoms with Gasteiger partial charge in [-0.05, 0) is 43.3 Å². The second-order valence-electron chi connectivity index (χ2n) is 7.15. The molecule has 30 heavy (non-hydrogen) atoms. The van der Waals surface area contributed by atoms with Crippen LogP contribution in [0, 0.1) is 6.92 Å². The number of aromatic nitrogens is 3. The fourth-order valence-corrected chi connectivity index (χ4v) is 3.58. The van der Waals surface area contributed by atoms with E-state index in [0.717, 1.165) is 23.6 Å². The van der Waals surface area contributed by atoms with Crippen molar-refractivity contribution in [1.82, 2.24) is 14.8 Å². The summed E-state index contributed by atoms with van der Waals surface area (Å²) in [6.45, 7) is 2.62. The van der Waals surface area contributed by atoms with Crippen LogP contribution in [0.3, 0.4) is 0 Å². The van der Waals surface area contributed by atoms with E-state index in [-0.39, 0.29) is 5.75 Å². The molecule has 3 aromatic carbocycles. The van der Waals surface area contributed by atoms with Crippen LogP contribution in [-0.4, -0.2) is 26.5 Å². The van der Waals surface area contributed by atoms with Gasteiger partial charge in [-0.1, -0.05) is 42.5 Å². The molecule has 0 spiro atoms. The van der Waals surface area contributed by atoms with Crippen LogP contribution in [-0.2, 0) is 0 Å². The van der Waals surface area contributed by atoms with Crippen molar-refractivity contribution in [2.45, 2.75) is 6.92 Å². The van der Waals surface area contributed by atoms with Crippen molar-refractivity contribution in [3.63, 3.8) is 0 Å². The summed E-state index contributed by atoms with van der Waals surface area (Å²) in [4.78, 5) is 9.00. The molecule has 0 atom stereocenters. The van der Waals surface area contributed by atoms with Gasteiger partial charge in [0.2, 0.25) is 0 Å². The van der Waals surface area contributed by atoms with E-state index in [9.17, 15) is 5.11 Å².